The maximum Gasteiger partial charge on any atom is 0.251 e. The Hall–Kier alpha value is -0.630. The number of hydrogen-bond donors (Lipinski definition) is 2. The molecular formula is C8H8Cl2F2N2O2S. The standard InChI is InChI=1S/C8H8Cl2F2N2O2S/c9-4-1-2-5(7(10)8(4)13)17(15,16)14-3-6(11)12/h1-2,6,14H,3,13H2. The molecule has 0 saturated heterocycles. The lowest BCUT2D eigenvalue weighted by Crippen LogP contribution is -2.29. The van der Waals surface area contributed by atoms with E-state index < -0.39 is 23.0 Å². The van der Waals surface area contributed by atoms with E-state index in [9.17, 15) is 17.2 Å². The summed E-state index contributed by atoms with van der Waals surface area (Å²) in [6.07, 6.45) is -2.80. The van der Waals surface area contributed by atoms with Gasteiger partial charge in [0.25, 0.3) is 6.43 Å². The molecule has 0 spiro atoms. The number of benzene rings is 1. The topological polar surface area (TPSA) is 72.2 Å². The van der Waals surface area contributed by atoms with Crippen molar-refractivity contribution in [2.24, 2.45) is 0 Å². The van der Waals surface area contributed by atoms with E-state index in [0.29, 0.717) is 0 Å². The number of nitrogens with one attached hydrogen (secondary N) is 1. The summed E-state index contributed by atoms with van der Waals surface area (Å²) in [5.74, 6) is 0. The summed E-state index contributed by atoms with van der Waals surface area (Å²) in [4.78, 5) is -0.387. The van der Waals surface area contributed by atoms with Crippen LogP contribution in [0, 0.1) is 0 Å². The highest BCUT2D eigenvalue weighted by molar-refractivity contribution is 7.89. The van der Waals surface area contributed by atoms with Crippen molar-refractivity contribution in [1.29, 1.82) is 0 Å². The van der Waals surface area contributed by atoms with Gasteiger partial charge < -0.3 is 5.73 Å². The van der Waals surface area contributed by atoms with E-state index in [2.05, 4.69) is 0 Å². The van der Waals surface area contributed by atoms with Crippen LogP contribution in [0.3, 0.4) is 0 Å². The molecule has 1 aromatic carbocycles. The van der Waals surface area contributed by atoms with Gasteiger partial charge in [0.1, 0.15) is 4.90 Å². The van der Waals surface area contributed by atoms with Crippen molar-refractivity contribution >= 4 is 38.9 Å². The molecule has 1 rings (SSSR count). The van der Waals surface area contributed by atoms with E-state index in [1.165, 1.54) is 6.07 Å². The van der Waals surface area contributed by atoms with Crippen LogP contribution in [0.4, 0.5) is 14.5 Å². The summed E-state index contributed by atoms with van der Waals surface area (Å²) in [5, 5.41) is -0.206. The average molecular weight is 305 g/mol. The second kappa shape index (κ2) is 5.34. The molecule has 96 valence electrons. The van der Waals surface area contributed by atoms with Crippen LogP contribution in [-0.4, -0.2) is 21.4 Å². The Morgan fingerprint density at radius 1 is 1.35 bits per heavy atom. The number of halogens is 4. The third kappa shape index (κ3) is 3.41. The molecule has 9 heteroatoms. The molecule has 17 heavy (non-hydrogen) atoms. The minimum atomic E-state index is -4.13. The van der Waals surface area contributed by atoms with Crippen LogP contribution in [0.1, 0.15) is 0 Å². The first-order chi connectivity index (χ1) is 7.75. The van der Waals surface area contributed by atoms with Gasteiger partial charge in [-0.1, -0.05) is 23.2 Å². The number of nitrogens with two attached hydrogens (primary N) is 1. The van der Waals surface area contributed by atoms with Gasteiger partial charge in [0.05, 0.1) is 22.3 Å². The number of rotatable bonds is 4. The lowest BCUT2D eigenvalue weighted by molar-refractivity contribution is 0.153. The summed E-state index contributed by atoms with van der Waals surface area (Å²) in [7, 11) is -4.13. The van der Waals surface area contributed by atoms with Gasteiger partial charge in [-0.2, -0.15) is 0 Å². The molecule has 0 saturated carbocycles. The van der Waals surface area contributed by atoms with Crippen LogP contribution in [0.15, 0.2) is 17.0 Å². The van der Waals surface area contributed by atoms with Gasteiger partial charge in [-0.3, -0.25) is 0 Å². The van der Waals surface area contributed by atoms with Crippen LogP contribution < -0.4 is 10.5 Å². The summed E-state index contributed by atoms with van der Waals surface area (Å²) in [6.45, 7) is -0.999. The molecule has 0 heterocycles. The van der Waals surface area contributed by atoms with Crippen molar-refractivity contribution in [1.82, 2.24) is 4.72 Å². The van der Waals surface area contributed by atoms with Gasteiger partial charge in [0.2, 0.25) is 10.0 Å². The third-order valence-corrected chi connectivity index (χ3v) is 4.12. The molecule has 4 nitrogen and oxygen atoms in total. The highest BCUT2D eigenvalue weighted by Gasteiger charge is 2.21. The zero-order valence-electron chi connectivity index (χ0n) is 8.25. The normalized spacial score (nSPS) is 12.1. The second-order valence-electron chi connectivity index (χ2n) is 3.02. The molecule has 0 fully saturated rings. The Kier molecular flexibility index (Phi) is 4.54. The SMILES string of the molecule is Nc1c(Cl)ccc(S(=O)(=O)NCC(F)F)c1Cl. The van der Waals surface area contributed by atoms with Crippen molar-refractivity contribution in [3.8, 4) is 0 Å². The van der Waals surface area contributed by atoms with Gasteiger partial charge in [-0.25, -0.2) is 21.9 Å². The molecular weight excluding hydrogens is 297 g/mol. The van der Waals surface area contributed by atoms with Crippen molar-refractivity contribution in [2.75, 3.05) is 12.3 Å². The number of nitrogen functional groups attached to an aromatic ring is 1. The minimum absolute atomic E-state index is 0.0859. The molecule has 0 atom stereocenters. The summed E-state index contributed by atoms with van der Waals surface area (Å²) in [6, 6.07) is 2.31. The molecule has 0 aliphatic carbocycles. The fourth-order valence-corrected chi connectivity index (χ4v) is 2.78. The number of anilines is 1. The monoisotopic (exact) mass is 304 g/mol. The fraction of sp³-hybridized carbons (Fsp3) is 0.250. The van der Waals surface area contributed by atoms with Crippen LogP contribution >= 0.6 is 23.2 Å². The van der Waals surface area contributed by atoms with Crippen LogP contribution in [0.5, 0.6) is 0 Å². The number of sulfonamides is 1. The molecule has 0 unspecified atom stereocenters. The minimum Gasteiger partial charge on any atom is -0.396 e. The van der Waals surface area contributed by atoms with E-state index in [4.69, 9.17) is 28.9 Å². The smallest absolute Gasteiger partial charge is 0.251 e. The Balaban J connectivity index is 3.12. The number of hydrogen-bond acceptors (Lipinski definition) is 3. The summed E-state index contributed by atoms with van der Waals surface area (Å²) in [5.41, 5.74) is 5.31. The van der Waals surface area contributed by atoms with Gasteiger partial charge in [0, 0.05) is 0 Å². The Morgan fingerprint density at radius 2 is 1.94 bits per heavy atom. The molecule has 0 bridgehead atoms. The average Bonchev–Trinajstić information content (AvgIpc) is 2.23. The van der Waals surface area contributed by atoms with Gasteiger partial charge >= 0.3 is 0 Å². The first-order valence-electron chi connectivity index (χ1n) is 4.27. The quantitative estimate of drug-likeness (QED) is 0.837. The predicted octanol–water partition coefficient (Wildman–Crippen LogP) is 2.12. The number of alkyl halides is 2. The fourth-order valence-electron chi connectivity index (χ4n) is 1.01. The van der Waals surface area contributed by atoms with E-state index in [1.54, 1.807) is 4.72 Å². The van der Waals surface area contributed by atoms with Gasteiger partial charge in [-0.15, -0.1) is 0 Å². The molecule has 0 aromatic heterocycles. The molecule has 0 aliphatic heterocycles. The van der Waals surface area contributed by atoms with Crippen molar-refractivity contribution in [2.45, 2.75) is 11.3 Å². The van der Waals surface area contributed by atoms with E-state index in [1.807, 2.05) is 0 Å². The second-order valence-corrected chi connectivity index (χ2v) is 5.54. The van der Waals surface area contributed by atoms with Gasteiger partial charge in [-0.05, 0) is 12.1 Å². The Bertz CT molecular complexity index is 523. The Labute approximate surface area is 107 Å². The van der Waals surface area contributed by atoms with Crippen LogP contribution in [0.25, 0.3) is 0 Å². The predicted molar refractivity (Wildman–Crippen MR) is 62.1 cm³/mol. The lowest BCUT2D eigenvalue weighted by Gasteiger charge is -2.10. The summed E-state index contributed by atoms with van der Waals surface area (Å²) >= 11 is 11.3. The molecule has 0 aliphatic rings. The zero-order chi connectivity index (χ0) is 13.2. The van der Waals surface area contributed by atoms with E-state index in [-0.39, 0.29) is 20.6 Å². The van der Waals surface area contributed by atoms with Crippen molar-refractivity contribution in [3.63, 3.8) is 0 Å². The van der Waals surface area contributed by atoms with Crippen molar-refractivity contribution < 1.29 is 17.2 Å². The molecule has 0 radical (unpaired) electrons. The van der Waals surface area contributed by atoms with E-state index in [0.717, 1.165) is 6.07 Å². The molecule has 3 N–H and O–H groups in total. The molecule has 1 aromatic rings. The third-order valence-electron chi connectivity index (χ3n) is 1.81. The Morgan fingerprint density at radius 3 is 2.47 bits per heavy atom. The van der Waals surface area contributed by atoms with Gasteiger partial charge in [0.15, 0.2) is 0 Å². The zero-order valence-corrected chi connectivity index (χ0v) is 10.6. The van der Waals surface area contributed by atoms with E-state index >= 15 is 0 Å². The highest BCUT2D eigenvalue weighted by atomic mass is 35.5. The maximum absolute atomic E-state index is 11.9. The molecule has 0 amide bonds. The van der Waals surface area contributed by atoms with Crippen molar-refractivity contribution in [3.05, 3.63) is 22.2 Å². The lowest BCUT2D eigenvalue weighted by atomic mass is 10.3. The maximum atomic E-state index is 11.9. The van der Waals surface area contributed by atoms with Crippen LogP contribution in [-0.2, 0) is 10.0 Å². The first-order valence-corrected chi connectivity index (χ1v) is 6.51. The highest BCUT2D eigenvalue weighted by Crippen LogP contribution is 2.32. The summed E-state index contributed by atoms with van der Waals surface area (Å²) < 4.78 is 48.7. The van der Waals surface area contributed by atoms with Crippen LogP contribution in [0.2, 0.25) is 10.0 Å². The largest absolute Gasteiger partial charge is 0.396 e. The first kappa shape index (κ1) is 14.4.